The molecule has 2 rings (SSSR count). The minimum Gasteiger partial charge on any atom is -0.361 e. The van der Waals surface area contributed by atoms with Gasteiger partial charge in [-0.25, -0.2) is 4.39 Å². The second kappa shape index (κ2) is 3.77. The quantitative estimate of drug-likeness (QED) is 0.508. The largest absolute Gasteiger partial charge is 0.361 e. The van der Waals surface area contributed by atoms with Crippen LogP contribution in [0.25, 0.3) is 10.9 Å². The first-order chi connectivity index (χ1) is 6.81. The number of nitrogens with one attached hydrogen (secondary N) is 2. The van der Waals surface area contributed by atoms with E-state index >= 15 is 0 Å². The minimum absolute atomic E-state index is 0.209. The molecule has 0 aliphatic heterocycles. The molecule has 14 heavy (non-hydrogen) atoms. The van der Waals surface area contributed by atoms with Gasteiger partial charge in [0.2, 0.25) is 0 Å². The van der Waals surface area contributed by atoms with Gasteiger partial charge in [-0.2, -0.15) is 0 Å². The highest BCUT2D eigenvalue weighted by atomic mass is 19.1. The predicted octanol–water partition coefficient (Wildman–Crippen LogP) is 1.31. The molecule has 0 radical (unpaired) electrons. The van der Waals surface area contributed by atoms with Crippen molar-refractivity contribution in [2.24, 2.45) is 5.84 Å². The number of halogens is 1. The molecule has 0 aliphatic carbocycles. The third kappa shape index (κ3) is 1.62. The van der Waals surface area contributed by atoms with Crippen molar-refractivity contribution in [2.45, 2.75) is 6.42 Å². The van der Waals surface area contributed by atoms with Crippen LogP contribution in [0, 0.1) is 5.82 Å². The summed E-state index contributed by atoms with van der Waals surface area (Å²) in [6, 6.07) is 4.73. The Morgan fingerprint density at radius 2 is 2.29 bits per heavy atom. The number of nitrogens with two attached hydrogens (primary N) is 1. The Morgan fingerprint density at radius 1 is 1.43 bits per heavy atom. The van der Waals surface area contributed by atoms with Crippen molar-refractivity contribution in [3.8, 4) is 0 Å². The molecule has 1 heterocycles. The smallest absolute Gasteiger partial charge is 0.123 e. The summed E-state index contributed by atoms with van der Waals surface area (Å²) < 4.78 is 13.0. The number of fused-ring (bicyclic) bond motifs is 1. The molecule has 1 aromatic carbocycles. The average Bonchev–Trinajstić information content (AvgIpc) is 2.57. The van der Waals surface area contributed by atoms with Gasteiger partial charge in [-0.1, -0.05) is 0 Å². The number of aromatic amines is 1. The Labute approximate surface area is 81.1 Å². The van der Waals surface area contributed by atoms with E-state index in [4.69, 9.17) is 5.84 Å². The number of hydrogen-bond acceptors (Lipinski definition) is 2. The van der Waals surface area contributed by atoms with Crippen molar-refractivity contribution >= 4 is 10.9 Å². The molecule has 0 bridgehead atoms. The molecule has 0 amide bonds. The number of aromatic nitrogens is 1. The van der Waals surface area contributed by atoms with Crippen molar-refractivity contribution in [3.05, 3.63) is 35.8 Å². The lowest BCUT2D eigenvalue weighted by Crippen LogP contribution is -2.24. The first kappa shape index (κ1) is 9.18. The minimum atomic E-state index is -0.209. The van der Waals surface area contributed by atoms with E-state index in [0.29, 0.717) is 6.54 Å². The molecule has 0 aliphatic rings. The molecule has 3 nitrogen and oxygen atoms in total. The van der Waals surface area contributed by atoms with Gasteiger partial charge < -0.3 is 4.98 Å². The predicted molar refractivity (Wildman–Crippen MR) is 54.2 cm³/mol. The summed E-state index contributed by atoms with van der Waals surface area (Å²) in [5.41, 5.74) is 4.62. The van der Waals surface area contributed by atoms with Crippen LogP contribution in [-0.2, 0) is 6.42 Å². The molecule has 0 saturated heterocycles. The van der Waals surface area contributed by atoms with Crippen molar-refractivity contribution in [3.63, 3.8) is 0 Å². The molecule has 0 unspecified atom stereocenters. The van der Waals surface area contributed by atoms with Gasteiger partial charge in [-0.3, -0.25) is 11.3 Å². The van der Waals surface area contributed by atoms with Crippen molar-refractivity contribution in [1.29, 1.82) is 0 Å². The van der Waals surface area contributed by atoms with Crippen LogP contribution >= 0.6 is 0 Å². The van der Waals surface area contributed by atoms with Gasteiger partial charge >= 0.3 is 0 Å². The maximum absolute atomic E-state index is 13.0. The van der Waals surface area contributed by atoms with Crippen LogP contribution in [0.1, 0.15) is 5.56 Å². The number of H-pyrrole nitrogens is 1. The maximum Gasteiger partial charge on any atom is 0.123 e. The Balaban J connectivity index is 2.40. The van der Waals surface area contributed by atoms with Gasteiger partial charge in [0, 0.05) is 23.6 Å². The topological polar surface area (TPSA) is 53.8 Å². The fraction of sp³-hybridized carbons (Fsp3) is 0.200. The number of benzene rings is 1. The summed E-state index contributed by atoms with van der Waals surface area (Å²) in [5, 5.41) is 0.931. The average molecular weight is 193 g/mol. The van der Waals surface area contributed by atoms with Crippen molar-refractivity contribution < 1.29 is 4.39 Å². The van der Waals surface area contributed by atoms with Crippen molar-refractivity contribution in [2.75, 3.05) is 6.54 Å². The third-order valence-electron chi connectivity index (χ3n) is 2.27. The van der Waals surface area contributed by atoms with E-state index in [1.807, 2.05) is 6.20 Å². The van der Waals surface area contributed by atoms with Crippen LogP contribution in [0.15, 0.2) is 24.4 Å². The lowest BCUT2D eigenvalue weighted by Gasteiger charge is -1.98. The lowest BCUT2D eigenvalue weighted by molar-refractivity contribution is 0.629. The monoisotopic (exact) mass is 193 g/mol. The van der Waals surface area contributed by atoms with E-state index in [1.54, 1.807) is 6.07 Å². The molecular weight excluding hydrogens is 181 g/mol. The zero-order valence-electron chi connectivity index (χ0n) is 7.68. The molecule has 4 N–H and O–H groups in total. The number of hydrazine groups is 1. The van der Waals surface area contributed by atoms with Gasteiger partial charge in [-0.15, -0.1) is 0 Å². The van der Waals surface area contributed by atoms with Gasteiger partial charge in [0.25, 0.3) is 0 Å². The molecule has 0 fully saturated rings. The summed E-state index contributed by atoms with van der Waals surface area (Å²) in [5.74, 6) is 4.98. The fourth-order valence-corrected chi connectivity index (χ4v) is 1.56. The molecule has 0 spiro atoms. The molecule has 0 saturated carbocycles. The summed E-state index contributed by atoms with van der Waals surface area (Å²) in [6.07, 6.45) is 2.68. The first-order valence-electron chi connectivity index (χ1n) is 4.50. The van der Waals surface area contributed by atoms with Gasteiger partial charge in [0.15, 0.2) is 0 Å². The number of rotatable bonds is 3. The summed E-state index contributed by atoms with van der Waals surface area (Å²) in [6.45, 7) is 0.684. The van der Waals surface area contributed by atoms with Crippen LogP contribution < -0.4 is 11.3 Å². The zero-order chi connectivity index (χ0) is 9.97. The molecular formula is C10H12FN3. The highest BCUT2D eigenvalue weighted by molar-refractivity contribution is 5.83. The van der Waals surface area contributed by atoms with Crippen molar-refractivity contribution in [1.82, 2.24) is 10.4 Å². The van der Waals surface area contributed by atoms with E-state index in [9.17, 15) is 4.39 Å². The van der Waals surface area contributed by atoms with E-state index in [0.717, 1.165) is 22.9 Å². The van der Waals surface area contributed by atoms with E-state index in [-0.39, 0.29) is 5.82 Å². The van der Waals surface area contributed by atoms with Gasteiger partial charge in [-0.05, 0) is 30.2 Å². The maximum atomic E-state index is 13.0. The Morgan fingerprint density at radius 3 is 3.07 bits per heavy atom. The van der Waals surface area contributed by atoms with Crippen LogP contribution in [0.5, 0.6) is 0 Å². The van der Waals surface area contributed by atoms with Crippen LogP contribution in [0.2, 0.25) is 0 Å². The highest BCUT2D eigenvalue weighted by Gasteiger charge is 2.03. The van der Waals surface area contributed by atoms with E-state index in [1.165, 1.54) is 12.1 Å². The van der Waals surface area contributed by atoms with Crippen LogP contribution in [0.3, 0.4) is 0 Å². The number of hydrogen-bond donors (Lipinski definition) is 3. The van der Waals surface area contributed by atoms with E-state index < -0.39 is 0 Å². The van der Waals surface area contributed by atoms with Crippen LogP contribution in [0.4, 0.5) is 4.39 Å². The molecule has 4 heteroatoms. The third-order valence-corrected chi connectivity index (χ3v) is 2.27. The fourth-order valence-electron chi connectivity index (χ4n) is 1.56. The molecule has 2 aromatic rings. The normalized spacial score (nSPS) is 11.0. The Kier molecular flexibility index (Phi) is 2.47. The first-order valence-corrected chi connectivity index (χ1v) is 4.50. The van der Waals surface area contributed by atoms with Crippen LogP contribution in [-0.4, -0.2) is 11.5 Å². The van der Waals surface area contributed by atoms with Gasteiger partial charge in [0.05, 0.1) is 0 Å². The second-order valence-corrected chi connectivity index (χ2v) is 3.21. The van der Waals surface area contributed by atoms with E-state index in [2.05, 4.69) is 10.4 Å². The summed E-state index contributed by atoms with van der Waals surface area (Å²) in [7, 11) is 0. The summed E-state index contributed by atoms with van der Waals surface area (Å²) >= 11 is 0. The zero-order valence-corrected chi connectivity index (χ0v) is 7.68. The molecule has 1 aromatic heterocycles. The second-order valence-electron chi connectivity index (χ2n) is 3.21. The highest BCUT2D eigenvalue weighted by Crippen LogP contribution is 2.19. The molecule has 74 valence electrons. The van der Waals surface area contributed by atoms with Gasteiger partial charge in [0.1, 0.15) is 5.82 Å². The Bertz CT molecular complexity index is 436. The Hall–Kier alpha value is -1.39. The standard InChI is InChI=1S/C10H12FN3/c11-8-1-2-10-9(5-8)7(6-13-10)3-4-14-12/h1-2,5-6,13-14H,3-4,12H2. The SMILES string of the molecule is NNCCc1c[nH]c2ccc(F)cc12. The summed E-state index contributed by atoms with van der Waals surface area (Å²) in [4.78, 5) is 3.09. The lowest BCUT2D eigenvalue weighted by atomic mass is 10.1. The molecule has 0 atom stereocenters.